The molecule has 5 rings (SSSR count). The van der Waals surface area contributed by atoms with Gasteiger partial charge in [-0.05, 0) is 30.0 Å². The summed E-state index contributed by atoms with van der Waals surface area (Å²) in [4.78, 5) is 60.3. The number of hydrogen-bond donors (Lipinski definition) is 3. The van der Waals surface area contributed by atoms with Crippen LogP contribution in [0.25, 0.3) is 5.57 Å². The number of rotatable bonds is 9. The average Bonchev–Trinajstić information content (AvgIpc) is 3.44. The largest absolute Gasteiger partial charge is 0.352 e. The number of hydrogen-bond acceptors (Lipinski definition) is 7. The van der Waals surface area contributed by atoms with Gasteiger partial charge in [-0.3, -0.25) is 28.9 Å². The van der Waals surface area contributed by atoms with E-state index >= 15 is 0 Å². The number of nitrogens with one attached hydrogen (secondary N) is 3. The number of carbonyl (C=O) groups is 2. The fourth-order valence-electron chi connectivity index (χ4n) is 5.52. The smallest absolute Gasteiger partial charge is 0.330 e. The normalized spacial score (nSPS) is 21.2. The zero-order chi connectivity index (χ0) is 31.6. The molecule has 230 valence electrons. The van der Waals surface area contributed by atoms with Gasteiger partial charge in [-0.2, -0.15) is 0 Å². The lowest BCUT2D eigenvalue weighted by Crippen LogP contribution is -2.54. The Hall–Kier alpha value is -4.06. The molecule has 1 aliphatic carbocycles. The Bertz CT molecular complexity index is 1800. The second-order valence-electron chi connectivity index (χ2n) is 10.9. The lowest BCUT2D eigenvalue weighted by Gasteiger charge is -2.39. The van der Waals surface area contributed by atoms with Gasteiger partial charge in [0, 0.05) is 50.9 Å². The Labute approximate surface area is 264 Å². The van der Waals surface area contributed by atoms with Crippen LogP contribution in [0.15, 0.2) is 64.5 Å². The van der Waals surface area contributed by atoms with E-state index in [4.69, 9.17) is 33.2 Å². The Kier molecular flexibility index (Phi) is 9.19. The van der Waals surface area contributed by atoms with E-state index < -0.39 is 28.1 Å². The Morgan fingerprint density at radius 1 is 1.18 bits per heavy atom. The Morgan fingerprint density at radius 3 is 2.66 bits per heavy atom. The standard InChI is InChI=1S/C31H33Cl2N7O4/c1-4-23-24(15-34-14-18-11-12-26(41)36-18)35-16-25(37-23)31(38-28(42)21-17-39(2)30(44)40(3)29(21)43)13-7-9-20(27(31)33)19-8-5-6-10-22(19)32/h5-10,13,16-18,27,34H,4,11-12,14-15H2,1-3H3,(H,36,41)(H,38,42)/t18?,27-,31?/m0/s1. The molecule has 1 aromatic carbocycles. The fourth-order valence-corrected chi connectivity index (χ4v) is 6.19. The van der Waals surface area contributed by atoms with Crippen molar-refractivity contribution in [3.63, 3.8) is 0 Å². The van der Waals surface area contributed by atoms with E-state index in [9.17, 15) is 19.2 Å². The van der Waals surface area contributed by atoms with Crippen molar-refractivity contribution in [2.75, 3.05) is 6.54 Å². The van der Waals surface area contributed by atoms with Crippen LogP contribution in [0.2, 0.25) is 5.02 Å². The first-order valence-corrected chi connectivity index (χ1v) is 15.1. The zero-order valence-corrected chi connectivity index (χ0v) is 26.1. The molecule has 3 aromatic rings. The molecule has 0 spiro atoms. The fraction of sp³-hybridized carbons (Fsp3) is 0.355. The number of aryl methyl sites for hydroxylation is 2. The van der Waals surface area contributed by atoms with Crippen molar-refractivity contribution >= 4 is 40.6 Å². The van der Waals surface area contributed by atoms with E-state index in [1.54, 1.807) is 24.4 Å². The van der Waals surface area contributed by atoms with E-state index in [0.717, 1.165) is 16.7 Å². The number of amides is 2. The highest BCUT2D eigenvalue weighted by molar-refractivity contribution is 6.34. The summed E-state index contributed by atoms with van der Waals surface area (Å²) in [5.41, 5.74) is 0.123. The van der Waals surface area contributed by atoms with Gasteiger partial charge in [-0.25, -0.2) is 4.79 Å². The summed E-state index contributed by atoms with van der Waals surface area (Å²) in [5.74, 6) is -0.680. The molecule has 0 bridgehead atoms. The predicted molar refractivity (Wildman–Crippen MR) is 169 cm³/mol. The Balaban J connectivity index is 1.54. The van der Waals surface area contributed by atoms with E-state index in [1.807, 2.05) is 31.2 Å². The molecule has 11 nitrogen and oxygen atoms in total. The summed E-state index contributed by atoms with van der Waals surface area (Å²) in [6, 6.07) is 7.31. The van der Waals surface area contributed by atoms with Gasteiger partial charge in [0.2, 0.25) is 5.91 Å². The minimum Gasteiger partial charge on any atom is -0.352 e. The maximum Gasteiger partial charge on any atom is 0.330 e. The monoisotopic (exact) mass is 637 g/mol. The molecule has 2 aliphatic rings. The molecule has 2 aromatic heterocycles. The highest BCUT2D eigenvalue weighted by Crippen LogP contribution is 2.42. The average molecular weight is 639 g/mol. The topological polar surface area (TPSA) is 140 Å². The number of halogens is 2. The number of alkyl halides is 1. The lowest BCUT2D eigenvalue weighted by atomic mass is 9.80. The molecule has 1 aliphatic heterocycles. The third-order valence-corrected chi connectivity index (χ3v) is 8.87. The molecule has 1 fully saturated rings. The van der Waals surface area contributed by atoms with Gasteiger partial charge in [-0.1, -0.05) is 55.0 Å². The number of benzene rings is 1. The highest BCUT2D eigenvalue weighted by Gasteiger charge is 2.45. The van der Waals surface area contributed by atoms with E-state index in [-0.39, 0.29) is 17.5 Å². The quantitative estimate of drug-likeness (QED) is 0.306. The van der Waals surface area contributed by atoms with E-state index in [1.165, 1.54) is 24.9 Å². The predicted octanol–water partition coefficient (Wildman–Crippen LogP) is 2.34. The van der Waals surface area contributed by atoms with Crippen LogP contribution in [-0.2, 0) is 37.4 Å². The summed E-state index contributed by atoms with van der Waals surface area (Å²) < 4.78 is 2.04. The van der Waals surface area contributed by atoms with Crippen LogP contribution in [0.4, 0.5) is 0 Å². The van der Waals surface area contributed by atoms with Crippen LogP contribution in [0.1, 0.15) is 52.8 Å². The SMILES string of the molecule is CCc1nc(C2(NC(=O)c3cn(C)c(=O)n(C)c3=O)C=CC=C(c3ccccc3Cl)[C@@H]2Cl)cnc1CNCC1CCC(=O)N1. The van der Waals surface area contributed by atoms with E-state index in [0.29, 0.717) is 53.5 Å². The van der Waals surface area contributed by atoms with Crippen molar-refractivity contribution in [1.29, 1.82) is 0 Å². The van der Waals surface area contributed by atoms with Crippen LogP contribution in [-0.4, -0.2) is 48.9 Å². The molecule has 2 unspecified atom stereocenters. The maximum absolute atomic E-state index is 13.8. The molecule has 1 saturated heterocycles. The van der Waals surface area contributed by atoms with E-state index in [2.05, 4.69) is 16.0 Å². The molecular formula is C31H33Cl2N7O4. The number of nitrogens with zero attached hydrogens (tertiary/aromatic N) is 4. The third-order valence-electron chi connectivity index (χ3n) is 7.96. The van der Waals surface area contributed by atoms with Gasteiger partial charge < -0.3 is 20.5 Å². The minimum absolute atomic E-state index is 0.0551. The second kappa shape index (κ2) is 12.9. The Morgan fingerprint density at radius 2 is 1.95 bits per heavy atom. The van der Waals surface area contributed by atoms with Crippen LogP contribution in [0.5, 0.6) is 0 Å². The van der Waals surface area contributed by atoms with Crippen molar-refractivity contribution in [2.24, 2.45) is 14.1 Å². The van der Waals surface area contributed by atoms with Crippen molar-refractivity contribution < 1.29 is 9.59 Å². The van der Waals surface area contributed by atoms with Gasteiger partial charge in [0.1, 0.15) is 11.1 Å². The lowest BCUT2D eigenvalue weighted by molar-refractivity contribution is -0.119. The summed E-state index contributed by atoms with van der Waals surface area (Å²) in [7, 11) is 2.77. The zero-order valence-electron chi connectivity index (χ0n) is 24.6. The molecule has 13 heteroatoms. The first kappa shape index (κ1) is 31.4. The first-order chi connectivity index (χ1) is 21.1. The summed E-state index contributed by atoms with van der Waals surface area (Å²) in [6.07, 6.45) is 9.94. The van der Waals surface area contributed by atoms with Crippen LogP contribution >= 0.6 is 23.2 Å². The van der Waals surface area contributed by atoms with Crippen molar-refractivity contribution in [1.82, 2.24) is 35.1 Å². The van der Waals surface area contributed by atoms with Crippen LogP contribution in [0, 0.1) is 0 Å². The van der Waals surface area contributed by atoms with Crippen molar-refractivity contribution in [2.45, 2.75) is 49.7 Å². The summed E-state index contributed by atoms with van der Waals surface area (Å²) >= 11 is 13.8. The van der Waals surface area contributed by atoms with Crippen molar-refractivity contribution in [3.8, 4) is 0 Å². The molecule has 0 radical (unpaired) electrons. The molecule has 2 amide bonds. The first-order valence-electron chi connectivity index (χ1n) is 14.3. The number of allylic oxidation sites excluding steroid dienone is 2. The van der Waals surface area contributed by atoms with Gasteiger partial charge in [-0.15, -0.1) is 11.6 Å². The minimum atomic E-state index is -1.45. The van der Waals surface area contributed by atoms with Gasteiger partial charge in [0.15, 0.2) is 0 Å². The van der Waals surface area contributed by atoms with Gasteiger partial charge in [0.25, 0.3) is 11.5 Å². The van der Waals surface area contributed by atoms with Crippen molar-refractivity contribution in [3.05, 3.63) is 109 Å². The summed E-state index contributed by atoms with van der Waals surface area (Å²) in [5, 5.41) is 8.83. The van der Waals surface area contributed by atoms with Crippen LogP contribution < -0.4 is 27.2 Å². The molecule has 3 atom stereocenters. The van der Waals surface area contributed by atoms with Crippen LogP contribution in [0.3, 0.4) is 0 Å². The maximum atomic E-state index is 13.8. The second-order valence-corrected chi connectivity index (χ2v) is 11.7. The summed E-state index contributed by atoms with van der Waals surface area (Å²) in [6.45, 7) is 2.99. The number of carbonyl (C=O) groups excluding carboxylic acids is 2. The molecule has 44 heavy (non-hydrogen) atoms. The molecule has 0 saturated carbocycles. The van der Waals surface area contributed by atoms with Gasteiger partial charge >= 0.3 is 5.69 Å². The molecule has 3 N–H and O–H groups in total. The molecular weight excluding hydrogens is 605 g/mol. The third kappa shape index (κ3) is 5.99. The highest BCUT2D eigenvalue weighted by atomic mass is 35.5. The molecule has 3 heterocycles. The number of aromatic nitrogens is 4. The van der Waals surface area contributed by atoms with Gasteiger partial charge in [0.05, 0.1) is 28.7 Å².